The van der Waals surface area contributed by atoms with Crippen LogP contribution in [0.15, 0.2) is 12.1 Å². The van der Waals surface area contributed by atoms with Crippen LogP contribution in [0.3, 0.4) is 0 Å². The van der Waals surface area contributed by atoms with E-state index in [4.69, 9.17) is 11.6 Å². The molecule has 86 valence electrons. The van der Waals surface area contributed by atoms with E-state index in [2.05, 4.69) is 31.1 Å². The molecule has 1 amide bonds. The first-order valence-electron chi connectivity index (χ1n) is 5.00. The first-order chi connectivity index (χ1) is 7.26. The first kappa shape index (κ1) is 13.8. The number of anilines is 1. The maximum atomic E-state index is 10.9. The van der Waals surface area contributed by atoms with E-state index in [0.29, 0.717) is 14.4 Å². The van der Waals surface area contributed by atoms with Crippen LogP contribution in [0.4, 0.5) is 5.82 Å². The average Bonchev–Trinajstić information content (AvgIpc) is 1.96. The van der Waals surface area contributed by atoms with Crippen molar-refractivity contribution in [3.8, 4) is 0 Å². The number of pyridine rings is 1. The van der Waals surface area contributed by atoms with Crippen LogP contribution in [-0.4, -0.2) is 32.0 Å². The molecule has 5 heteroatoms. The van der Waals surface area contributed by atoms with Crippen LogP contribution in [0.5, 0.6) is 0 Å². The predicted molar refractivity (Wildman–Crippen MR) is 68.7 cm³/mol. The van der Waals surface area contributed by atoms with E-state index < -0.39 is 21.1 Å². The molecule has 1 aromatic rings. The molecule has 0 aromatic carbocycles. The number of hydrogen-bond donors (Lipinski definition) is 1. The topological polar surface area (TPSA) is 42.0 Å². The van der Waals surface area contributed by atoms with E-state index in [1.165, 1.54) is 10.5 Å². The van der Waals surface area contributed by atoms with Gasteiger partial charge in [-0.3, -0.25) is 0 Å². The Morgan fingerprint density at radius 2 is 2.06 bits per heavy atom. The molecule has 2 radical (unpaired) electrons. The summed E-state index contributed by atoms with van der Waals surface area (Å²) in [7, 11) is 0. The maximum absolute atomic E-state index is 10.9. The number of nitrogens with one attached hydrogen (secondary N) is 1. The molecule has 0 aliphatic heterocycles. The summed E-state index contributed by atoms with van der Waals surface area (Å²) in [5, 5.41) is 3.11. The third kappa shape index (κ3) is 5.16. The number of hydrogen-bond acceptors (Lipinski definition) is 2. The van der Waals surface area contributed by atoms with Gasteiger partial charge in [0.15, 0.2) is 0 Å². The normalized spacial score (nSPS) is 11.3. The molecule has 0 saturated heterocycles. The van der Waals surface area contributed by atoms with Crippen molar-refractivity contribution in [2.75, 3.05) is 5.32 Å². The summed E-state index contributed by atoms with van der Waals surface area (Å²) in [6.45, 7) is 8.15. The van der Waals surface area contributed by atoms with Gasteiger partial charge in [0, 0.05) is 0 Å². The third-order valence-electron chi connectivity index (χ3n) is 1.62. The van der Waals surface area contributed by atoms with Crippen LogP contribution in [0.2, 0.25) is 8.58 Å². The first-order valence-corrected chi connectivity index (χ1v) is 8.23. The van der Waals surface area contributed by atoms with E-state index in [1.807, 2.05) is 12.1 Å². The zero-order valence-electron chi connectivity index (χ0n) is 9.89. The van der Waals surface area contributed by atoms with Crippen molar-refractivity contribution in [2.45, 2.75) is 31.1 Å². The molecule has 0 saturated carbocycles. The van der Waals surface area contributed by atoms with Crippen LogP contribution >= 0.6 is 11.6 Å². The van der Waals surface area contributed by atoms with E-state index in [1.54, 1.807) is 0 Å². The molecule has 1 rings (SSSR count). The summed E-state index contributed by atoms with van der Waals surface area (Å²) >= 11 is 5.21. The molecule has 1 N–H and O–H groups in total. The Hall–Kier alpha value is -0.291. The number of rotatable bonds is 2. The monoisotopic (exact) mass is 346 g/mol. The molecule has 0 unspecified atom stereocenters. The fourth-order valence-electron chi connectivity index (χ4n) is 1.25. The van der Waals surface area contributed by atoms with Gasteiger partial charge in [0.1, 0.15) is 0 Å². The van der Waals surface area contributed by atoms with Gasteiger partial charge in [-0.05, 0) is 0 Å². The minimum absolute atomic E-state index is 0.123. The van der Waals surface area contributed by atoms with Crippen LogP contribution in [0.25, 0.3) is 0 Å². The van der Waals surface area contributed by atoms with E-state index >= 15 is 0 Å². The fourth-order valence-corrected chi connectivity index (χ4v) is 5.38. The second-order valence-electron chi connectivity index (χ2n) is 4.62. The zero-order valence-corrected chi connectivity index (χ0v) is 13.5. The molecule has 0 aliphatic rings. The van der Waals surface area contributed by atoms with Crippen molar-refractivity contribution >= 4 is 48.0 Å². The Kier molecular flexibility index (Phi) is 4.61. The number of nitrogens with zero attached hydrogens (tertiary/aromatic N) is 1. The van der Waals surface area contributed by atoms with Gasteiger partial charge >= 0.3 is 112 Å². The molecule has 0 fully saturated rings. The summed E-state index contributed by atoms with van der Waals surface area (Å²) in [4.78, 5) is 15.0. The van der Waals surface area contributed by atoms with Crippen molar-refractivity contribution in [1.82, 2.24) is 4.98 Å². The molecular weight excluding hydrogens is 330 g/mol. The van der Waals surface area contributed by atoms with Crippen LogP contribution in [0.1, 0.15) is 27.7 Å². The summed E-state index contributed by atoms with van der Waals surface area (Å²) in [6, 6.07) is 3.84. The Morgan fingerprint density at radius 1 is 1.44 bits per heavy atom. The SMILES string of the molecule is CC(=O)Nc1c[c]([Sn][C](C)(C)C)cc(Cl)n1. The van der Waals surface area contributed by atoms with Gasteiger partial charge in [0.25, 0.3) is 0 Å². The summed E-state index contributed by atoms with van der Waals surface area (Å²) < 4.78 is 1.60. The fraction of sp³-hybridized carbons (Fsp3) is 0.455. The zero-order chi connectivity index (χ0) is 12.3. The van der Waals surface area contributed by atoms with Crippen LogP contribution in [0, 0.1) is 0 Å². The molecule has 0 bridgehead atoms. The van der Waals surface area contributed by atoms with Crippen molar-refractivity contribution in [3.63, 3.8) is 0 Å². The number of aromatic nitrogens is 1. The molecule has 0 spiro atoms. The van der Waals surface area contributed by atoms with Gasteiger partial charge in [0.2, 0.25) is 0 Å². The van der Waals surface area contributed by atoms with E-state index in [0.717, 1.165) is 0 Å². The number of carbonyl (C=O) groups excluding carboxylic acids is 1. The molecular formula is C11H15ClN2OSn. The van der Waals surface area contributed by atoms with Gasteiger partial charge in [-0.1, -0.05) is 0 Å². The van der Waals surface area contributed by atoms with Gasteiger partial charge in [0.05, 0.1) is 0 Å². The van der Waals surface area contributed by atoms with Gasteiger partial charge in [-0.2, -0.15) is 0 Å². The molecule has 0 atom stereocenters. The summed E-state index contributed by atoms with van der Waals surface area (Å²) in [5.74, 6) is 0.432. The van der Waals surface area contributed by atoms with E-state index in [9.17, 15) is 4.79 Å². The number of carbonyl (C=O) groups is 1. The van der Waals surface area contributed by atoms with Crippen molar-refractivity contribution < 1.29 is 4.79 Å². The molecule has 3 nitrogen and oxygen atoms in total. The summed E-state index contributed by atoms with van der Waals surface area (Å²) in [5.41, 5.74) is 0. The Balaban J connectivity index is 2.94. The molecule has 0 aliphatic carbocycles. The van der Waals surface area contributed by atoms with Crippen molar-refractivity contribution in [2.24, 2.45) is 0 Å². The number of halogens is 1. The molecule has 1 heterocycles. The minimum atomic E-state index is -0.720. The Labute approximate surface area is 111 Å². The molecule has 16 heavy (non-hydrogen) atoms. The summed E-state index contributed by atoms with van der Waals surface area (Å²) in [6.07, 6.45) is 0. The standard InChI is InChI=1S/C7H6ClN2O.C4H9.Sn/c1-5(11)9-7-4-2-3-6(8)10-7;1-4(2)3;/h3-4H,1H3,(H,9,10,11);1-3H3;. The van der Waals surface area contributed by atoms with E-state index in [-0.39, 0.29) is 5.91 Å². The Bertz CT molecular complexity index is 401. The van der Waals surface area contributed by atoms with Crippen LogP contribution < -0.4 is 8.90 Å². The third-order valence-corrected chi connectivity index (χ3v) is 5.60. The second-order valence-corrected chi connectivity index (χ2v) is 11.6. The van der Waals surface area contributed by atoms with Crippen molar-refractivity contribution in [1.29, 1.82) is 0 Å². The van der Waals surface area contributed by atoms with Gasteiger partial charge in [-0.15, -0.1) is 0 Å². The average molecular weight is 345 g/mol. The quantitative estimate of drug-likeness (QED) is 0.660. The van der Waals surface area contributed by atoms with Gasteiger partial charge in [-0.25, -0.2) is 0 Å². The Morgan fingerprint density at radius 3 is 2.56 bits per heavy atom. The predicted octanol–water partition coefficient (Wildman–Crippen LogP) is 2.24. The number of amides is 1. The van der Waals surface area contributed by atoms with Crippen molar-refractivity contribution in [3.05, 3.63) is 17.3 Å². The second kappa shape index (κ2) is 5.36. The van der Waals surface area contributed by atoms with Crippen LogP contribution in [-0.2, 0) is 4.79 Å². The molecule has 1 aromatic heterocycles. The van der Waals surface area contributed by atoms with Gasteiger partial charge < -0.3 is 0 Å².